The largest absolute Gasteiger partial charge is 0.336 e. The number of hydrogen-bond acceptors (Lipinski definition) is 3. The molecule has 4 heteroatoms. The SMILES string of the molecule is NC1CN(C(=O)C=Cc2cccs2)C1. The third kappa shape index (κ3) is 2.02. The second-order valence-corrected chi connectivity index (χ2v) is 4.33. The van der Waals surface area contributed by atoms with E-state index in [0.29, 0.717) is 13.1 Å². The lowest BCUT2D eigenvalue weighted by molar-refractivity contribution is -0.130. The van der Waals surface area contributed by atoms with Crippen molar-refractivity contribution in [1.29, 1.82) is 0 Å². The number of thiophene rings is 1. The van der Waals surface area contributed by atoms with Crippen molar-refractivity contribution in [3.8, 4) is 0 Å². The van der Waals surface area contributed by atoms with Gasteiger partial charge >= 0.3 is 0 Å². The maximum absolute atomic E-state index is 11.5. The highest BCUT2D eigenvalue weighted by atomic mass is 32.1. The minimum Gasteiger partial charge on any atom is -0.336 e. The van der Waals surface area contributed by atoms with E-state index in [1.54, 1.807) is 22.3 Å². The molecule has 2 heterocycles. The van der Waals surface area contributed by atoms with E-state index < -0.39 is 0 Å². The van der Waals surface area contributed by atoms with E-state index >= 15 is 0 Å². The first-order valence-corrected chi connectivity index (χ1v) is 5.40. The van der Waals surface area contributed by atoms with Crippen LogP contribution >= 0.6 is 11.3 Å². The molecule has 0 aliphatic carbocycles. The molecule has 3 nitrogen and oxygen atoms in total. The van der Waals surface area contributed by atoms with Crippen molar-refractivity contribution in [1.82, 2.24) is 4.90 Å². The maximum Gasteiger partial charge on any atom is 0.246 e. The predicted octanol–water partition coefficient (Wildman–Crippen LogP) is 0.931. The van der Waals surface area contributed by atoms with Gasteiger partial charge in [0.1, 0.15) is 0 Å². The van der Waals surface area contributed by atoms with Crippen molar-refractivity contribution in [3.05, 3.63) is 28.5 Å². The Morgan fingerprint density at radius 3 is 3.00 bits per heavy atom. The molecular weight excluding hydrogens is 196 g/mol. The smallest absolute Gasteiger partial charge is 0.246 e. The molecule has 0 saturated carbocycles. The molecule has 2 N–H and O–H groups in total. The molecule has 0 radical (unpaired) electrons. The lowest BCUT2D eigenvalue weighted by atomic mass is 10.1. The van der Waals surface area contributed by atoms with Crippen LogP contribution in [0, 0.1) is 0 Å². The molecule has 0 bridgehead atoms. The molecule has 0 atom stereocenters. The lowest BCUT2D eigenvalue weighted by Gasteiger charge is -2.35. The minimum atomic E-state index is 0.0556. The Labute approximate surface area is 86.8 Å². The zero-order valence-corrected chi connectivity index (χ0v) is 8.54. The Morgan fingerprint density at radius 2 is 2.43 bits per heavy atom. The molecule has 0 unspecified atom stereocenters. The first kappa shape index (κ1) is 9.43. The molecule has 1 saturated heterocycles. The normalized spacial score (nSPS) is 17.4. The first-order valence-electron chi connectivity index (χ1n) is 4.52. The predicted molar refractivity (Wildman–Crippen MR) is 57.9 cm³/mol. The summed E-state index contributed by atoms with van der Waals surface area (Å²) in [5, 5.41) is 1.99. The number of hydrogen-bond donors (Lipinski definition) is 1. The summed E-state index contributed by atoms with van der Waals surface area (Å²) in [6, 6.07) is 4.12. The molecule has 2 rings (SSSR count). The summed E-state index contributed by atoms with van der Waals surface area (Å²) in [5.41, 5.74) is 5.58. The first-order chi connectivity index (χ1) is 6.75. The number of carbonyl (C=O) groups is 1. The van der Waals surface area contributed by atoms with E-state index in [1.807, 2.05) is 23.6 Å². The van der Waals surface area contributed by atoms with Crippen LogP contribution in [-0.2, 0) is 4.79 Å². The van der Waals surface area contributed by atoms with Crippen LogP contribution in [0.1, 0.15) is 4.88 Å². The van der Waals surface area contributed by atoms with Gasteiger partial charge in [-0.2, -0.15) is 0 Å². The quantitative estimate of drug-likeness (QED) is 0.735. The number of rotatable bonds is 2. The molecule has 1 fully saturated rings. The molecule has 0 spiro atoms. The highest BCUT2D eigenvalue weighted by Gasteiger charge is 2.25. The Hall–Kier alpha value is -1.13. The summed E-state index contributed by atoms with van der Waals surface area (Å²) >= 11 is 1.62. The van der Waals surface area contributed by atoms with E-state index in [1.165, 1.54) is 0 Å². The summed E-state index contributed by atoms with van der Waals surface area (Å²) in [5.74, 6) is 0.0556. The van der Waals surface area contributed by atoms with Crippen molar-refractivity contribution >= 4 is 23.3 Å². The van der Waals surface area contributed by atoms with E-state index in [2.05, 4.69) is 0 Å². The van der Waals surface area contributed by atoms with Crippen molar-refractivity contribution in [2.75, 3.05) is 13.1 Å². The van der Waals surface area contributed by atoms with Crippen LogP contribution in [0.2, 0.25) is 0 Å². The Balaban J connectivity index is 1.89. The molecule has 74 valence electrons. The van der Waals surface area contributed by atoms with Crippen LogP contribution in [-0.4, -0.2) is 29.9 Å². The number of nitrogens with two attached hydrogens (primary N) is 1. The summed E-state index contributed by atoms with van der Waals surface area (Å²) in [6.07, 6.45) is 3.45. The van der Waals surface area contributed by atoms with Crippen LogP contribution in [0.25, 0.3) is 6.08 Å². The van der Waals surface area contributed by atoms with Gasteiger partial charge in [-0.1, -0.05) is 6.07 Å². The summed E-state index contributed by atoms with van der Waals surface area (Å²) in [7, 11) is 0. The lowest BCUT2D eigenvalue weighted by Crippen LogP contribution is -2.57. The van der Waals surface area contributed by atoms with Gasteiger partial charge in [0.2, 0.25) is 5.91 Å². The van der Waals surface area contributed by atoms with Gasteiger partial charge in [0, 0.05) is 30.1 Å². The van der Waals surface area contributed by atoms with Gasteiger partial charge in [0.15, 0.2) is 0 Å². The van der Waals surface area contributed by atoms with Crippen molar-refractivity contribution in [2.45, 2.75) is 6.04 Å². The molecule has 1 aliphatic heterocycles. The van der Waals surface area contributed by atoms with Gasteiger partial charge < -0.3 is 10.6 Å². The molecule has 1 aromatic rings. The van der Waals surface area contributed by atoms with Crippen LogP contribution in [0.5, 0.6) is 0 Å². The topological polar surface area (TPSA) is 46.3 Å². The number of nitrogens with zero attached hydrogens (tertiary/aromatic N) is 1. The zero-order valence-electron chi connectivity index (χ0n) is 7.72. The van der Waals surface area contributed by atoms with E-state index in [4.69, 9.17) is 5.73 Å². The van der Waals surface area contributed by atoms with Gasteiger partial charge in [-0.25, -0.2) is 0 Å². The van der Waals surface area contributed by atoms with Crippen molar-refractivity contribution in [3.63, 3.8) is 0 Å². The number of likely N-dealkylation sites (tertiary alicyclic amines) is 1. The van der Waals surface area contributed by atoms with Gasteiger partial charge in [-0.3, -0.25) is 4.79 Å². The second kappa shape index (κ2) is 3.94. The average molecular weight is 208 g/mol. The summed E-state index contributed by atoms with van der Waals surface area (Å²) in [6.45, 7) is 1.38. The molecular formula is C10H12N2OS. The molecule has 0 aromatic carbocycles. The van der Waals surface area contributed by atoms with Crippen LogP contribution in [0.3, 0.4) is 0 Å². The van der Waals surface area contributed by atoms with Gasteiger partial charge in [0.05, 0.1) is 0 Å². The average Bonchev–Trinajstić information content (AvgIpc) is 2.61. The van der Waals surface area contributed by atoms with Gasteiger partial charge in [-0.05, 0) is 17.5 Å². The molecule has 1 aromatic heterocycles. The maximum atomic E-state index is 11.5. The van der Waals surface area contributed by atoms with Gasteiger partial charge in [0.25, 0.3) is 0 Å². The Morgan fingerprint density at radius 1 is 1.64 bits per heavy atom. The van der Waals surface area contributed by atoms with Crippen LogP contribution in [0.4, 0.5) is 0 Å². The standard InChI is InChI=1S/C10H12N2OS/c11-8-6-12(7-8)10(13)4-3-9-2-1-5-14-9/h1-5,8H,6-7,11H2. The fourth-order valence-electron chi connectivity index (χ4n) is 1.34. The Kier molecular flexibility index (Phi) is 2.65. The monoisotopic (exact) mass is 208 g/mol. The number of amides is 1. The summed E-state index contributed by atoms with van der Waals surface area (Å²) < 4.78 is 0. The fourth-order valence-corrected chi connectivity index (χ4v) is 1.96. The highest BCUT2D eigenvalue weighted by molar-refractivity contribution is 7.10. The third-order valence-corrected chi connectivity index (χ3v) is 2.99. The summed E-state index contributed by atoms with van der Waals surface area (Å²) in [4.78, 5) is 14.3. The van der Waals surface area contributed by atoms with E-state index in [0.717, 1.165) is 4.88 Å². The zero-order chi connectivity index (χ0) is 9.97. The fraction of sp³-hybridized carbons (Fsp3) is 0.300. The highest BCUT2D eigenvalue weighted by Crippen LogP contribution is 2.12. The molecule has 1 aliphatic rings. The number of carbonyl (C=O) groups excluding carboxylic acids is 1. The van der Waals surface area contributed by atoms with Crippen molar-refractivity contribution < 1.29 is 4.79 Å². The van der Waals surface area contributed by atoms with E-state index in [-0.39, 0.29) is 11.9 Å². The van der Waals surface area contributed by atoms with E-state index in [9.17, 15) is 4.79 Å². The Bertz CT molecular complexity index is 339. The van der Waals surface area contributed by atoms with Crippen LogP contribution < -0.4 is 5.73 Å². The molecule has 1 amide bonds. The van der Waals surface area contributed by atoms with Gasteiger partial charge in [-0.15, -0.1) is 11.3 Å². The van der Waals surface area contributed by atoms with Crippen LogP contribution in [0.15, 0.2) is 23.6 Å². The third-order valence-electron chi connectivity index (χ3n) is 2.15. The second-order valence-electron chi connectivity index (χ2n) is 3.35. The van der Waals surface area contributed by atoms with Crippen molar-refractivity contribution in [2.24, 2.45) is 5.73 Å². The molecule has 14 heavy (non-hydrogen) atoms. The minimum absolute atomic E-state index is 0.0556.